The van der Waals surface area contributed by atoms with Gasteiger partial charge < -0.3 is 18.9 Å². The summed E-state index contributed by atoms with van der Waals surface area (Å²) in [5.41, 5.74) is 0.871. The molecule has 1 aromatic carbocycles. The molecule has 1 aliphatic rings. The van der Waals surface area contributed by atoms with E-state index in [0.29, 0.717) is 0 Å². The van der Waals surface area contributed by atoms with Gasteiger partial charge in [0.1, 0.15) is 6.04 Å². The highest BCUT2D eigenvalue weighted by atomic mass is 16.7. The lowest BCUT2D eigenvalue weighted by molar-refractivity contribution is -0.173. The number of nitrogens with one attached hydrogen (secondary N) is 1. The van der Waals surface area contributed by atoms with E-state index in [2.05, 4.69) is 5.32 Å². The fraction of sp³-hybridized carbons (Fsp3) is 0.529. The molecule has 1 aromatic rings. The first kappa shape index (κ1) is 18.4. The van der Waals surface area contributed by atoms with E-state index in [1.807, 2.05) is 30.3 Å². The standard InChI is InChI=1S/C17H23NO6/c1-21-15(19)11-12(17(23-3)24-4)14(16(20)22-2)18-13(11)10-8-6-5-7-9-10/h5-9,11-14,17-18H,1-4H3/t11-,12-,13-,14-/m1/s1. The van der Waals surface area contributed by atoms with E-state index < -0.39 is 42.1 Å². The zero-order valence-electron chi connectivity index (χ0n) is 14.2. The number of methoxy groups -OCH3 is 4. The minimum atomic E-state index is -0.764. The zero-order chi connectivity index (χ0) is 17.7. The van der Waals surface area contributed by atoms with Crippen molar-refractivity contribution in [3.05, 3.63) is 35.9 Å². The molecule has 1 fully saturated rings. The van der Waals surface area contributed by atoms with Gasteiger partial charge in [-0.25, -0.2) is 0 Å². The van der Waals surface area contributed by atoms with Crippen LogP contribution in [-0.2, 0) is 28.5 Å². The molecule has 2 rings (SSSR count). The predicted molar refractivity (Wildman–Crippen MR) is 84.9 cm³/mol. The first-order chi connectivity index (χ1) is 11.6. The molecule has 1 N–H and O–H groups in total. The van der Waals surface area contributed by atoms with E-state index >= 15 is 0 Å². The molecule has 7 nitrogen and oxygen atoms in total. The monoisotopic (exact) mass is 337 g/mol. The number of hydrogen-bond acceptors (Lipinski definition) is 7. The maximum absolute atomic E-state index is 12.5. The van der Waals surface area contributed by atoms with Crippen molar-refractivity contribution in [1.82, 2.24) is 5.32 Å². The van der Waals surface area contributed by atoms with Crippen molar-refractivity contribution in [2.45, 2.75) is 18.4 Å². The zero-order valence-corrected chi connectivity index (χ0v) is 14.2. The summed E-state index contributed by atoms with van der Waals surface area (Å²) in [5.74, 6) is -2.17. The van der Waals surface area contributed by atoms with Crippen molar-refractivity contribution in [1.29, 1.82) is 0 Å². The van der Waals surface area contributed by atoms with Crippen LogP contribution in [0.3, 0.4) is 0 Å². The van der Waals surface area contributed by atoms with E-state index in [1.54, 1.807) is 0 Å². The van der Waals surface area contributed by atoms with Gasteiger partial charge in [-0.15, -0.1) is 0 Å². The Labute approximate surface area is 141 Å². The van der Waals surface area contributed by atoms with E-state index in [-0.39, 0.29) is 0 Å². The van der Waals surface area contributed by atoms with E-state index in [9.17, 15) is 9.59 Å². The van der Waals surface area contributed by atoms with Crippen molar-refractivity contribution >= 4 is 11.9 Å². The minimum absolute atomic E-state index is 0.416. The second-order valence-corrected chi connectivity index (χ2v) is 5.52. The molecule has 0 aromatic heterocycles. The molecule has 7 heteroatoms. The highest BCUT2D eigenvalue weighted by Crippen LogP contribution is 2.41. The van der Waals surface area contributed by atoms with Crippen molar-refractivity contribution in [3.8, 4) is 0 Å². The van der Waals surface area contributed by atoms with Crippen LogP contribution in [0.15, 0.2) is 30.3 Å². The molecule has 0 amide bonds. The molecule has 1 saturated heterocycles. The third kappa shape index (κ3) is 3.43. The van der Waals surface area contributed by atoms with E-state index in [4.69, 9.17) is 18.9 Å². The number of rotatable bonds is 6. The van der Waals surface area contributed by atoms with Crippen LogP contribution in [0.5, 0.6) is 0 Å². The molecule has 1 aliphatic heterocycles. The number of esters is 2. The van der Waals surface area contributed by atoms with Crippen molar-refractivity contribution in [3.63, 3.8) is 0 Å². The van der Waals surface area contributed by atoms with Gasteiger partial charge in [0, 0.05) is 20.3 Å². The number of carbonyl (C=O) groups excluding carboxylic acids is 2. The third-order valence-electron chi connectivity index (χ3n) is 4.38. The molecule has 0 spiro atoms. The Kier molecular flexibility index (Phi) is 6.30. The third-order valence-corrected chi connectivity index (χ3v) is 4.38. The fourth-order valence-corrected chi connectivity index (χ4v) is 3.32. The maximum atomic E-state index is 12.5. The van der Waals surface area contributed by atoms with Crippen LogP contribution in [0.4, 0.5) is 0 Å². The average Bonchev–Trinajstić information content (AvgIpc) is 3.02. The quantitative estimate of drug-likeness (QED) is 0.610. The second-order valence-electron chi connectivity index (χ2n) is 5.52. The lowest BCUT2D eigenvalue weighted by atomic mass is 9.83. The maximum Gasteiger partial charge on any atom is 0.323 e. The largest absolute Gasteiger partial charge is 0.469 e. The van der Waals surface area contributed by atoms with Crippen LogP contribution in [0.2, 0.25) is 0 Å². The van der Waals surface area contributed by atoms with Gasteiger partial charge in [0.15, 0.2) is 6.29 Å². The highest BCUT2D eigenvalue weighted by Gasteiger charge is 2.54. The minimum Gasteiger partial charge on any atom is -0.469 e. The molecule has 0 bridgehead atoms. The topological polar surface area (TPSA) is 83.1 Å². The molecule has 1 heterocycles. The van der Waals surface area contributed by atoms with Crippen LogP contribution < -0.4 is 5.32 Å². The average molecular weight is 337 g/mol. The Morgan fingerprint density at radius 1 is 0.958 bits per heavy atom. The SMILES string of the molecule is COC(=O)[C@@H]1[C@@H](C(OC)OC)[C@H](C(=O)OC)N[C@@H]1c1ccccc1. The van der Waals surface area contributed by atoms with Gasteiger partial charge in [0.25, 0.3) is 0 Å². The number of benzene rings is 1. The van der Waals surface area contributed by atoms with Gasteiger partial charge in [-0.05, 0) is 5.56 Å². The van der Waals surface area contributed by atoms with Gasteiger partial charge in [-0.2, -0.15) is 0 Å². The lowest BCUT2D eigenvalue weighted by Crippen LogP contribution is -2.44. The first-order valence-electron chi connectivity index (χ1n) is 7.61. The highest BCUT2D eigenvalue weighted by molar-refractivity contribution is 5.81. The van der Waals surface area contributed by atoms with Crippen LogP contribution in [-0.4, -0.2) is 52.7 Å². The van der Waals surface area contributed by atoms with Crippen molar-refractivity contribution in [2.75, 3.05) is 28.4 Å². The van der Waals surface area contributed by atoms with Gasteiger partial charge in [-0.3, -0.25) is 14.9 Å². The van der Waals surface area contributed by atoms with Crippen molar-refractivity contribution in [2.24, 2.45) is 11.8 Å². The van der Waals surface area contributed by atoms with Crippen LogP contribution in [0.25, 0.3) is 0 Å². The van der Waals surface area contributed by atoms with Gasteiger partial charge in [0.2, 0.25) is 0 Å². The molecular formula is C17H23NO6. The smallest absolute Gasteiger partial charge is 0.323 e. The Hall–Kier alpha value is -1.96. The summed E-state index contributed by atoms with van der Waals surface area (Å²) >= 11 is 0. The van der Waals surface area contributed by atoms with E-state index in [1.165, 1.54) is 28.4 Å². The van der Waals surface area contributed by atoms with Gasteiger partial charge in [0.05, 0.1) is 26.1 Å². The molecular weight excluding hydrogens is 314 g/mol. The normalized spacial score (nSPS) is 26.4. The van der Waals surface area contributed by atoms with Crippen LogP contribution >= 0.6 is 0 Å². The summed E-state index contributed by atoms with van der Waals surface area (Å²) in [5, 5.41) is 3.19. The van der Waals surface area contributed by atoms with Crippen LogP contribution in [0, 0.1) is 11.8 Å². The van der Waals surface area contributed by atoms with Crippen molar-refractivity contribution < 1.29 is 28.5 Å². The molecule has 24 heavy (non-hydrogen) atoms. The number of hydrogen-bond donors (Lipinski definition) is 1. The second kappa shape index (κ2) is 8.23. The molecule has 0 saturated carbocycles. The molecule has 0 radical (unpaired) electrons. The number of ether oxygens (including phenoxy) is 4. The Bertz CT molecular complexity index is 559. The first-order valence-corrected chi connectivity index (χ1v) is 7.61. The molecule has 4 atom stereocenters. The lowest BCUT2D eigenvalue weighted by Gasteiger charge is -2.28. The Morgan fingerprint density at radius 2 is 1.54 bits per heavy atom. The molecule has 0 aliphatic carbocycles. The Balaban J connectivity index is 2.48. The summed E-state index contributed by atoms with van der Waals surface area (Å²) < 4.78 is 20.5. The summed E-state index contributed by atoms with van der Waals surface area (Å²) in [6, 6.07) is 8.23. The summed E-state index contributed by atoms with van der Waals surface area (Å²) in [6.07, 6.45) is -0.764. The Morgan fingerprint density at radius 3 is 2.04 bits per heavy atom. The predicted octanol–water partition coefficient (Wildman–Crippen LogP) is 0.897. The summed E-state index contributed by atoms with van der Waals surface area (Å²) in [6.45, 7) is 0. The van der Waals surface area contributed by atoms with Gasteiger partial charge >= 0.3 is 11.9 Å². The fourth-order valence-electron chi connectivity index (χ4n) is 3.32. The molecule has 0 unspecified atom stereocenters. The van der Waals surface area contributed by atoms with Crippen LogP contribution in [0.1, 0.15) is 11.6 Å². The summed E-state index contributed by atoms with van der Waals surface area (Å²) in [4.78, 5) is 24.7. The molecule has 132 valence electrons. The number of carbonyl (C=O) groups is 2. The summed E-state index contributed by atoms with van der Waals surface area (Å²) in [7, 11) is 5.56. The van der Waals surface area contributed by atoms with Gasteiger partial charge in [-0.1, -0.05) is 30.3 Å². The van der Waals surface area contributed by atoms with E-state index in [0.717, 1.165) is 5.56 Å².